The highest BCUT2D eigenvalue weighted by molar-refractivity contribution is 14.1. The van der Waals surface area contributed by atoms with Gasteiger partial charge in [0.05, 0.1) is 6.61 Å². The van der Waals surface area contributed by atoms with Crippen LogP contribution in [-0.4, -0.2) is 16.1 Å². The van der Waals surface area contributed by atoms with Crippen molar-refractivity contribution in [3.8, 4) is 0 Å². The molecule has 1 radical (unpaired) electrons. The predicted molar refractivity (Wildman–Crippen MR) is 44.9 cm³/mol. The van der Waals surface area contributed by atoms with E-state index >= 15 is 0 Å². The van der Waals surface area contributed by atoms with Crippen LogP contribution >= 0.6 is 22.6 Å². The number of rotatable bonds is 5. The standard InChI is InChI=1S/C6H12IO2/c1-6(8)9-5-3-2-4-7/h8H,2-5H2,1H3. The number of hydrogen-bond donors (Lipinski definition) is 1. The molecule has 0 aromatic carbocycles. The third kappa shape index (κ3) is 8.65. The number of aliphatic hydroxyl groups is 1. The fraction of sp³-hybridized carbons (Fsp3) is 0.833. The van der Waals surface area contributed by atoms with Crippen molar-refractivity contribution < 1.29 is 9.84 Å². The Morgan fingerprint density at radius 2 is 2.22 bits per heavy atom. The van der Waals surface area contributed by atoms with Gasteiger partial charge < -0.3 is 9.84 Å². The average Bonchev–Trinajstić information content (AvgIpc) is 1.80. The van der Waals surface area contributed by atoms with E-state index in [-0.39, 0.29) is 6.29 Å². The summed E-state index contributed by atoms with van der Waals surface area (Å²) in [5, 5.41) is 8.54. The summed E-state index contributed by atoms with van der Waals surface area (Å²) in [6.07, 6.45) is 2.26. The van der Waals surface area contributed by atoms with E-state index in [4.69, 9.17) is 9.84 Å². The average molecular weight is 243 g/mol. The highest BCUT2D eigenvalue weighted by atomic mass is 127. The highest BCUT2D eigenvalue weighted by Crippen LogP contribution is 1.99. The van der Waals surface area contributed by atoms with Crippen molar-refractivity contribution in [3.05, 3.63) is 6.29 Å². The molecule has 0 bridgehead atoms. The van der Waals surface area contributed by atoms with Gasteiger partial charge in [0.25, 0.3) is 0 Å². The fourth-order valence-corrected chi connectivity index (χ4v) is 0.956. The molecule has 0 fully saturated rings. The van der Waals surface area contributed by atoms with E-state index in [0.717, 1.165) is 17.3 Å². The Hall–Kier alpha value is 0.650. The lowest BCUT2D eigenvalue weighted by Crippen LogP contribution is -1.98. The molecular formula is C6H12IO2. The molecule has 9 heavy (non-hydrogen) atoms. The molecule has 2 nitrogen and oxygen atoms in total. The van der Waals surface area contributed by atoms with Crippen molar-refractivity contribution in [3.63, 3.8) is 0 Å². The summed E-state index contributed by atoms with van der Waals surface area (Å²) in [6.45, 7) is 2.19. The topological polar surface area (TPSA) is 29.5 Å². The summed E-state index contributed by atoms with van der Waals surface area (Å²) in [6, 6.07) is 0. The maximum absolute atomic E-state index is 8.54. The molecule has 0 spiro atoms. The van der Waals surface area contributed by atoms with Crippen LogP contribution in [-0.2, 0) is 4.74 Å². The molecule has 1 N–H and O–H groups in total. The van der Waals surface area contributed by atoms with Crippen LogP contribution < -0.4 is 0 Å². The van der Waals surface area contributed by atoms with Gasteiger partial charge >= 0.3 is 0 Å². The first-order valence-electron chi connectivity index (χ1n) is 2.98. The Morgan fingerprint density at radius 3 is 2.67 bits per heavy atom. The summed E-state index contributed by atoms with van der Waals surface area (Å²) < 4.78 is 5.97. The van der Waals surface area contributed by atoms with Crippen LogP contribution in [0.2, 0.25) is 0 Å². The van der Waals surface area contributed by atoms with Crippen LogP contribution in [0.25, 0.3) is 0 Å². The minimum Gasteiger partial charge on any atom is -0.362 e. The van der Waals surface area contributed by atoms with E-state index in [1.54, 1.807) is 6.92 Å². The molecule has 0 atom stereocenters. The van der Waals surface area contributed by atoms with Gasteiger partial charge in [-0.3, -0.25) is 0 Å². The van der Waals surface area contributed by atoms with Gasteiger partial charge in [-0.2, -0.15) is 0 Å². The Morgan fingerprint density at radius 1 is 1.56 bits per heavy atom. The number of hydrogen-bond acceptors (Lipinski definition) is 2. The first kappa shape index (κ1) is 9.65. The zero-order valence-corrected chi connectivity index (χ0v) is 7.72. The van der Waals surface area contributed by atoms with Crippen molar-refractivity contribution in [1.82, 2.24) is 0 Å². The summed E-state index contributed by atoms with van der Waals surface area (Å²) in [5.74, 6) is 0. The van der Waals surface area contributed by atoms with Gasteiger partial charge in [0.2, 0.25) is 6.29 Å². The predicted octanol–water partition coefficient (Wildman–Crippen LogP) is 2.10. The number of aliphatic hydroxyl groups excluding tert-OH is 1. The lowest BCUT2D eigenvalue weighted by Gasteiger charge is -2.02. The monoisotopic (exact) mass is 243 g/mol. The molecule has 0 saturated heterocycles. The normalized spacial score (nSPS) is 10.7. The van der Waals surface area contributed by atoms with Crippen molar-refractivity contribution in [2.24, 2.45) is 0 Å². The Balaban J connectivity index is 2.75. The van der Waals surface area contributed by atoms with Crippen LogP contribution in [0.5, 0.6) is 0 Å². The quantitative estimate of drug-likeness (QED) is 0.455. The van der Waals surface area contributed by atoms with Crippen molar-refractivity contribution in [1.29, 1.82) is 0 Å². The van der Waals surface area contributed by atoms with Crippen molar-refractivity contribution in [2.45, 2.75) is 19.8 Å². The van der Waals surface area contributed by atoms with Crippen molar-refractivity contribution >= 4 is 22.6 Å². The fourth-order valence-electron chi connectivity index (χ4n) is 0.416. The third-order valence-corrected chi connectivity index (χ3v) is 1.60. The van der Waals surface area contributed by atoms with Crippen LogP contribution in [0, 0.1) is 6.29 Å². The molecule has 0 unspecified atom stereocenters. The second-order valence-corrected chi connectivity index (χ2v) is 2.84. The minimum absolute atomic E-state index is 0.0726. The van der Waals surface area contributed by atoms with E-state index in [2.05, 4.69) is 22.6 Å². The van der Waals surface area contributed by atoms with E-state index in [1.807, 2.05) is 0 Å². The van der Waals surface area contributed by atoms with Gasteiger partial charge in [0.1, 0.15) is 0 Å². The summed E-state index contributed by atoms with van der Waals surface area (Å²) in [5.41, 5.74) is 0. The van der Waals surface area contributed by atoms with E-state index in [0.29, 0.717) is 6.61 Å². The summed E-state index contributed by atoms with van der Waals surface area (Å²) >= 11 is 2.32. The smallest absolute Gasteiger partial charge is 0.217 e. The van der Waals surface area contributed by atoms with E-state index in [1.165, 1.54) is 0 Å². The molecule has 0 aliphatic rings. The van der Waals surface area contributed by atoms with Gasteiger partial charge in [-0.15, -0.1) is 0 Å². The molecule has 55 valence electrons. The molecule has 0 rings (SSSR count). The summed E-state index contributed by atoms with van der Waals surface area (Å²) in [7, 11) is 0. The SMILES string of the molecule is C[C](O)OCCCCI. The Bertz CT molecular complexity index is 57.0. The van der Waals surface area contributed by atoms with Crippen LogP contribution in [0.1, 0.15) is 19.8 Å². The summed E-state index contributed by atoms with van der Waals surface area (Å²) in [4.78, 5) is 0. The lowest BCUT2D eigenvalue weighted by molar-refractivity contribution is 0.0139. The zero-order valence-electron chi connectivity index (χ0n) is 5.56. The van der Waals surface area contributed by atoms with Gasteiger partial charge in [-0.1, -0.05) is 22.6 Å². The first-order valence-corrected chi connectivity index (χ1v) is 4.51. The molecular weight excluding hydrogens is 231 g/mol. The Labute approximate surface area is 69.7 Å². The molecule has 3 heteroatoms. The van der Waals surface area contributed by atoms with E-state index in [9.17, 15) is 0 Å². The zero-order chi connectivity index (χ0) is 7.11. The lowest BCUT2D eigenvalue weighted by atomic mass is 10.4. The third-order valence-electron chi connectivity index (χ3n) is 0.839. The highest BCUT2D eigenvalue weighted by Gasteiger charge is 1.94. The number of alkyl halides is 1. The number of unbranched alkanes of at least 4 members (excludes halogenated alkanes) is 1. The van der Waals surface area contributed by atoms with Gasteiger partial charge in [0.15, 0.2) is 0 Å². The van der Waals surface area contributed by atoms with Gasteiger partial charge in [-0.25, -0.2) is 0 Å². The molecule has 0 aromatic heterocycles. The molecule has 0 saturated carbocycles. The number of ether oxygens (including phenoxy) is 1. The van der Waals surface area contributed by atoms with Crippen LogP contribution in [0.15, 0.2) is 0 Å². The molecule has 0 aliphatic carbocycles. The number of halogens is 1. The van der Waals surface area contributed by atoms with Crippen LogP contribution in [0.4, 0.5) is 0 Å². The van der Waals surface area contributed by atoms with Crippen LogP contribution in [0.3, 0.4) is 0 Å². The molecule has 0 aromatic rings. The maximum atomic E-state index is 8.54. The largest absolute Gasteiger partial charge is 0.362 e. The minimum atomic E-state index is 0.0726. The molecule has 0 heterocycles. The second-order valence-electron chi connectivity index (χ2n) is 1.76. The first-order chi connectivity index (χ1) is 4.27. The van der Waals surface area contributed by atoms with E-state index < -0.39 is 0 Å². The second kappa shape index (κ2) is 6.77. The van der Waals surface area contributed by atoms with Gasteiger partial charge in [-0.05, 0) is 24.2 Å². The molecule has 0 amide bonds. The Kier molecular flexibility index (Phi) is 7.25. The van der Waals surface area contributed by atoms with Crippen molar-refractivity contribution in [2.75, 3.05) is 11.0 Å². The maximum Gasteiger partial charge on any atom is 0.217 e. The molecule has 0 aliphatic heterocycles. The van der Waals surface area contributed by atoms with Gasteiger partial charge in [0, 0.05) is 0 Å².